The van der Waals surface area contributed by atoms with Crippen LogP contribution in [0.4, 0.5) is 0 Å². The molecule has 0 aliphatic heterocycles. The van der Waals surface area contributed by atoms with Gasteiger partial charge in [-0.2, -0.15) is 0 Å². The molecule has 3 nitrogen and oxygen atoms in total. The summed E-state index contributed by atoms with van der Waals surface area (Å²) in [5.41, 5.74) is 0.966. The molecule has 1 unspecified atom stereocenters. The number of carbonyl (C=O) groups excluding carboxylic acids is 1. The lowest BCUT2D eigenvalue weighted by Crippen LogP contribution is -2.12. The van der Waals surface area contributed by atoms with E-state index in [2.05, 4.69) is 0 Å². The van der Waals surface area contributed by atoms with E-state index in [4.69, 9.17) is 9.47 Å². The molecular formula is C14H20O3. The third kappa shape index (κ3) is 3.48. The Morgan fingerprint density at radius 1 is 1.24 bits per heavy atom. The number of rotatable bonds is 6. The van der Waals surface area contributed by atoms with Gasteiger partial charge in [0, 0.05) is 12.3 Å². The molecule has 1 aromatic rings. The molecule has 0 bridgehead atoms. The summed E-state index contributed by atoms with van der Waals surface area (Å²) in [6.07, 6.45) is 1.33. The van der Waals surface area contributed by atoms with Crippen molar-refractivity contribution in [1.29, 1.82) is 0 Å². The van der Waals surface area contributed by atoms with Gasteiger partial charge in [-0.15, -0.1) is 0 Å². The summed E-state index contributed by atoms with van der Waals surface area (Å²) in [6, 6.07) is 5.60. The lowest BCUT2D eigenvalue weighted by molar-refractivity contribution is -0.121. The third-order valence-corrected chi connectivity index (χ3v) is 2.99. The van der Waals surface area contributed by atoms with E-state index in [1.165, 1.54) is 0 Å². The Labute approximate surface area is 103 Å². The zero-order chi connectivity index (χ0) is 12.8. The van der Waals surface area contributed by atoms with Crippen LogP contribution in [0.2, 0.25) is 0 Å². The highest BCUT2D eigenvalue weighted by atomic mass is 16.5. The highest BCUT2D eigenvalue weighted by molar-refractivity contribution is 5.83. The van der Waals surface area contributed by atoms with Gasteiger partial charge >= 0.3 is 0 Å². The molecule has 17 heavy (non-hydrogen) atoms. The number of carbonyl (C=O) groups is 1. The van der Waals surface area contributed by atoms with Crippen LogP contribution in [-0.2, 0) is 11.2 Å². The summed E-state index contributed by atoms with van der Waals surface area (Å²) in [7, 11) is 3.19. The number of ether oxygens (including phenoxy) is 2. The molecular weight excluding hydrogens is 216 g/mol. The van der Waals surface area contributed by atoms with Gasteiger partial charge in [0.25, 0.3) is 0 Å². The maximum atomic E-state index is 11.8. The van der Waals surface area contributed by atoms with E-state index in [-0.39, 0.29) is 11.7 Å². The fourth-order valence-electron chi connectivity index (χ4n) is 1.59. The maximum absolute atomic E-state index is 11.8. The predicted molar refractivity (Wildman–Crippen MR) is 67.7 cm³/mol. The number of hydrogen-bond acceptors (Lipinski definition) is 3. The van der Waals surface area contributed by atoms with Gasteiger partial charge in [0.1, 0.15) is 5.78 Å². The lowest BCUT2D eigenvalue weighted by Gasteiger charge is -2.11. The Hall–Kier alpha value is -1.51. The van der Waals surface area contributed by atoms with Gasteiger partial charge in [-0.1, -0.05) is 19.9 Å². The zero-order valence-corrected chi connectivity index (χ0v) is 10.9. The number of hydrogen-bond donors (Lipinski definition) is 0. The fourth-order valence-corrected chi connectivity index (χ4v) is 1.59. The summed E-state index contributed by atoms with van der Waals surface area (Å²) in [4.78, 5) is 11.8. The second-order valence-electron chi connectivity index (χ2n) is 4.14. The van der Waals surface area contributed by atoms with E-state index in [9.17, 15) is 4.79 Å². The van der Waals surface area contributed by atoms with Gasteiger partial charge in [-0.25, -0.2) is 0 Å². The normalized spacial score (nSPS) is 12.0. The van der Waals surface area contributed by atoms with Gasteiger partial charge in [-0.05, 0) is 24.1 Å². The van der Waals surface area contributed by atoms with E-state index in [1.807, 2.05) is 32.0 Å². The summed E-state index contributed by atoms with van der Waals surface area (Å²) < 4.78 is 10.4. The van der Waals surface area contributed by atoms with Crippen LogP contribution < -0.4 is 9.47 Å². The van der Waals surface area contributed by atoms with Gasteiger partial charge in [0.15, 0.2) is 11.5 Å². The largest absolute Gasteiger partial charge is 0.493 e. The zero-order valence-electron chi connectivity index (χ0n) is 10.9. The Bertz CT molecular complexity index is 385. The van der Waals surface area contributed by atoms with Crippen molar-refractivity contribution in [2.45, 2.75) is 26.7 Å². The van der Waals surface area contributed by atoms with Crippen LogP contribution in [0.25, 0.3) is 0 Å². The highest BCUT2D eigenvalue weighted by Gasteiger charge is 2.12. The first-order valence-corrected chi connectivity index (χ1v) is 5.86. The van der Waals surface area contributed by atoms with Crippen molar-refractivity contribution in [1.82, 2.24) is 0 Å². The van der Waals surface area contributed by atoms with Crippen LogP contribution in [0.5, 0.6) is 11.5 Å². The van der Waals surface area contributed by atoms with Crippen molar-refractivity contribution >= 4 is 5.78 Å². The minimum absolute atomic E-state index is 0.114. The number of ketones is 1. The monoisotopic (exact) mass is 236 g/mol. The minimum atomic E-state index is 0.114. The molecule has 0 aromatic heterocycles. The Morgan fingerprint density at radius 3 is 2.41 bits per heavy atom. The lowest BCUT2D eigenvalue weighted by atomic mass is 9.97. The molecule has 0 saturated carbocycles. The molecule has 1 atom stereocenters. The molecule has 0 aliphatic rings. The molecule has 0 aliphatic carbocycles. The Balaban J connectivity index is 2.82. The molecule has 0 amide bonds. The summed E-state index contributed by atoms with van der Waals surface area (Å²) >= 11 is 0. The fraction of sp³-hybridized carbons (Fsp3) is 0.500. The second kappa shape index (κ2) is 6.28. The maximum Gasteiger partial charge on any atom is 0.161 e. The first kappa shape index (κ1) is 13.6. The smallest absolute Gasteiger partial charge is 0.161 e. The van der Waals surface area contributed by atoms with Crippen molar-refractivity contribution in [2.24, 2.45) is 5.92 Å². The van der Waals surface area contributed by atoms with Crippen LogP contribution in [0.3, 0.4) is 0 Å². The number of Topliss-reactive ketones (excluding diaryl/α,β-unsaturated/α-hetero) is 1. The molecule has 3 heteroatoms. The van der Waals surface area contributed by atoms with Gasteiger partial charge < -0.3 is 9.47 Å². The first-order valence-electron chi connectivity index (χ1n) is 5.86. The predicted octanol–water partition coefficient (Wildman–Crippen LogP) is 2.86. The average Bonchev–Trinajstić information content (AvgIpc) is 2.37. The van der Waals surface area contributed by atoms with E-state index in [0.717, 1.165) is 12.0 Å². The highest BCUT2D eigenvalue weighted by Crippen LogP contribution is 2.28. The van der Waals surface area contributed by atoms with Crippen LogP contribution in [-0.4, -0.2) is 20.0 Å². The summed E-state index contributed by atoms with van der Waals surface area (Å²) in [6.45, 7) is 3.99. The van der Waals surface area contributed by atoms with Gasteiger partial charge in [0.05, 0.1) is 14.2 Å². The minimum Gasteiger partial charge on any atom is -0.493 e. The molecule has 0 fully saturated rings. The van der Waals surface area contributed by atoms with Crippen molar-refractivity contribution in [2.75, 3.05) is 14.2 Å². The van der Waals surface area contributed by atoms with Crippen molar-refractivity contribution in [3.63, 3.8) is 0 Å². The SMILES string of the molecule is CCC(C)C(=O)Cc1ccc(OC)c(OC)c1. The molecule has 0 radical (unpaired) electrons. The van der Waals surface area contributed by atoms with Gasteiger partial charge in [0.2, 0.25) is 0 Å². The van der Waals surface area contributed by atoms with E-state index in [1.54, 1.807) is 14.2 Å². The van der Waals surface area contributed by atoms with Crippen LogP contribution in [0.1, 0.15) is 25.8 Å². The van der Waals surface area contributed by atoms with Crippen LogP contribution >= 0.6 is 0 Å². The molecule has 0 spiro atoms. The summed E-state index contributed by atoms with van der Waals surface area (Å²) in [5, 5.41) is 0. The van der Waals surface area contributed by atoms with E-state index in [0.29, 0.717) is 17.9 Å². The second-order valence-corrected chi connectivity index (χ2v) is 4.14. The van der Waals surface area contributed by atoms with Crippen LogP contribution in [0, 0.1) is 5.92 Å². The van der Waals surface area contributed by atoms with Gasteiger partial charge in [-0.3, -0.25) is 4.79 Å². The molecule has 0 heterocycles. The number of benzene rings is 1. The van der Waals surface area contributed by atoms with Crippen molar-refractivity contribution in [3.05, 3.63) is 23.8 Å². The molecule has 94 valence electrons. The topological polar surface area (TPSA) is 35.5 Å². The Morgan fingerprint density at radius 2 is 1.88 bits per heavy atom. The molecule has 0 saturated heterocycles. The van der Waals surface area contributed by atoms with Crippen molar-refractivity contribution < 1.29 is 14.3 Å². The summed E-state index contributed by atoms with van der Waals surface area (Å²) in [5.74, 6) is 1.73. The molecule has 1 rings (SSSR count). The van der Waals surface area contributed by atoms with Crippen molar-refractivity contribution in [3.8, 4) is 11.5 Å². The van der Waals surface area contributed by atoms with E-state index >= 15 is 0 Å². The van der Waals surface area contributed by atoms with E-state index < -0.39 is 0 Å². The third-order valence-electron chi connectivity index (χ3n) is 2.99. The molecule has 1 aromatic carbocycles. The average molecular weight is 236 g/mol. The standard InChI is InChI=1S/C14H20O3/c1-5-10(2)12(15)8-11-6-7-13(16-3)14(9-11)17-4/h6-7,9-10H,5,8H2,1-4H3. The van der Waals surface area contributed by atoms with Crippen LogP contribution in [0.15, 0.2) is 18.2 Å². The first-order chi connectivity index (χ1) is 8.12. The number of methoxy groups -OCH3 is 2. The Kier molecular flexibility index (Phi) is 5.01. The molecule has 0 N–H and O–H groups in total. The quantitative estimate of drug-likeness (QED) is 0.762.